The number of esters is 1. The Morgan fingerprint density at radius 2 is 1.48 bits per heavy atom. The van der Waals surface area contributed by atoms with E-state index in [0.29, 0.717) is 11.3 Å². The van der Waals surface area contributed by atoms with Crippen molar-refractivity contribution in [3.8, 4) is 5.75 Å². The van der Waals surface area contributed by atoms with Gasteiger partial charge in [0.2, 0.25) is 0 Å². The van der Waals surface area contributed by atoms with Crippen LogP contribution in [0.15, 0.2) is 48.5 Å². The first-order valence-electron chi connectivity index (χ1n) is 6.14. The summed E-state index contributed by atoms with van der Waals surface area (Å²) in [6, 6.07) is 11.9. The number of ketones is 1. The molecule has 21 heavy (non-hydrogen) atoms. The highest BCUT2D eigenvalue weighted by atomic mass is 16.5. The van der Waals surface area contributed by atoms with E-state index in [2.05, 4.69) is 0 Å². The summed E-state index contributed by atoms with van der Waals surface area (Å²) in [4.78, 5) is 34.3. The van der Waals surface area contributed by atoms with Crippen molar-refractivity contribution in [3.63, 3.8) is 0 Å². The molecule has 0 saturated heterocycles. The lowest BCUT2D eigenvalue weighted by Crippen LogP contribution is -2.09. The summed E-state index contributed by atoms with van der Waals surface area (Å²) in [5, 5.41) is 9.09. The lowest BCUT2D eigenvalue weighted by Gasteiger charge is -2.06. The van der Waals surface area contributed by atoms with Crippen LogP contribution in [-0.2, 0) is 4.79 Å². The van der Waals surface area contributed by atoms with E-state index in [0.717, 1.165) is 0 Å². The molecule has 0 bridgehead atoms. The van der Waals surface area contributed by atoms with E-state index in [1.807, 2.05) is 0 Å². The van der Waals surface area contributed by atoms with Crippen LogP contribution in [0.1, 0.15) is 33.2 Å². The molecule has 0 unspecified atom stereocenters. The molecule has 0 atom stereocenters. The van der Waals surface area contributed by atoms with Crippen LogP contribution < -0.4 is 4.74 Å². The van der Waals surface area contributed by atoms with E-state index in [1.165, 1.54) is 43.3 Å². The first-order valence-corrected chi connectivity index (χ1v) is 6.14. The second-order valence-corrected chi connectivity index (χ2v) is 4.30. The fourth-order valence-electron chi connectivity index (χ4n) is 1.86. The molecule has 2 aromatic rings. The highest BCUT2D eigenvalue weighted by Crippen LogP contribution is 2.18. The lowest BCUT2D eigenvalue weighted by molar-refractivity contribution is -0.131. The van der Waals surface area contributed by atoms with Crippen molar-refractivity contribution in [2.24, 2.45) is 0 Å². The SMILES string of the molecule is CC(=O)Oc1ccc(C(=O)c2ccccc2C(=O)O)cc1. The van der Waals surface area contributed by atoms with Crippen LogP contribution in [-0.4, -0.2) is 22.8 Å². The van der Waals surface area contributed by atoms with E-state index in [-0.39, 0.29) is 11.1 Å². The standard InChI is InChI=1S/C16H12O5/c1-10(17)21-12-8-6-11(7-9-12)15(18)13-4-2-3-5-14(13)16(19)20/h2-9H,1H3,(H,19,20). The third kappa shape index (κ3) is 3.33. The van der Waals surface area contributed by atoms with Gasteiger partial charge in [0.05, 0.1) is 5.56 Å². The zero-order valence-electron chi connectivity index (χ0n) is 11.2. The predicted octanol–water partition coefficient (Wildman–Crippen LogP) is 2.54. The van der Waals surface area contributed by atoms with Crippen LogP contribution in [0.4, 0.5) is 0 Å². The highest BCUT2D eigenvalue weighted by molar-refractivity contribution is 6.14. The molecule has 5 nitrogen and oxygen atoms in total. The number of hydrogen-bond acceptors (Lipinski definition) is 4. The quantitative estimate of drug-likeness (QED) is 0.530. The van der Waals surface area contributed by atoms with Crippen LogP contribution in [0.25, 0.3) is 0 Å². The molecule has 0 radical (unpaired) electrons. The summed E-state index contributed by atoms with van der Waals surface area (Å²) in [5.74, 6) is -1.69. The average molecular weight is 284 g/mol. The molecule has 0 fully saturated rings. The number of hydrogen-bond donors (Lipinski definition) is 1. The van der Waals surface area contributed by atoms with Gasteiger partial charge in [0.25, 0.3) is 0 Å². The molecule has 0 saturated carbocycles. The number of aromatic carboxylic acids is 1. The zero-order valence-corrected chi connectivity index (χ0v) is 11.2. The van der Waals surface area contributed by atoms with Crippen molar-refractivity contribution in [3.05, 3.63) is 65.2 Å². The number of carbonyl (C=O) groups is 3. The van der Waals surface area contributed by atoms with Gasteiger partial charge in [-0.1, -0.05) is 18.2 Å². The van der Waals surface area contributed by atoms with Crippen molar-refractivity contribution >= 4 is 17.7 Å². The summed E-state index contributed by atoms with van der Waals surface area (Å²) >= 11 is 0. The molecule has 0 aromatic heterocycles. The molecule has 0 heterocycles. The van der Waals surface area contributed by atoms with Gasteiger partial charge in [-0.15, -0.1) is 0 Å². The van der Waals surface area contributed by atoms with Crippen LogP contribution in [0.3, 0.4) is 0 Å². The predicted molar refractivity (Wildman–Crippen MR) is 74.6 cm³/mol. The fourth-order valence-corrected chi connectivity index (χ4v) is 1.86. The minimum atomic E-state index is -1.16. The number of rotatable bonds is 4. The highest BCUT2D eigenvalue weighted by Gasteiger charge is 2.17. The second-order valence-electron chi connectivity index (χ2n) is 4.30. The van der Waals surface area contributed by atoms with E-state index in [4.69, 9.17) is 9.84 Å². The Morgan fingerprint density at radius 1 is 0.905 bits per heavy atom. The maximum absolute atomic E-state index is 12.3. The molecule has 0 aliphatic heterocycles. The second kappa shape index (κ2) is 6.00. The molecule has 0 aliphatic carbocycles. The summed E-state index contributed by atoms with van der Waals surface area (Å²) in [6.07, 6.45) is 0. The molecule has 0 spiro atoms. The Bertz CT molecular complexity index is 701. The minimum Gasteiger partial charge on any atom is -0.478 e. The Labute approximate surface area is 120 Å². The molecule has 1 N–H and O–H groups in total. The number of carbonyl (C=O) groups excluding carboxylic acids is 2. The van der Waals surface area contributed by atoms with E-state index in [1.54, 1.807) is 12.1 Å². The fraction of sp³-hybridized carbons (Fsp3) is 0.0625. The Balaban J connectivity index is 2.32. The number of carboxylic acid groups (broad SMARTS) is 1. The number of ether oxygens (including phenoxy) is 1. The topological polar surface area (TPSA) is 80.7 Å². The van der Waals surface area contributed by atoms with Gasteiger partial charge in [0.15, 0.2) is 5.78 Å². The van der Waals surface area contributed by atoms with Gasteiger partial charge in [-0.25, -0.2) is 4.79 Å². The van der Waals surface area contributed by atoms with Crippen molar-refractivity contribution in [1.29, 1.82) is 0 Å². The van der Waals surface area contributed by atoms with E-state index >= 15 is 0 Å². The van der Waals surface area contributed by atoms with Crippen LogP contribution in [0, 0.1) is 0 Å². The first-order chi connectivity index (χ1) is 9.99. The van der Waals surface area contributed by atoms with Crippen molar-refractivity contribution in [2.75, 3.05) is 0 Å². The molecular formula is C16H12O5. The van der Waals surface area contributed by atoms with Crippen LogP contribution in [0.5, 0.6) is 5.75 Å². The number of benzene rings is 2. The Hall–Kier alpha value is -2.95. The zero-order chi connectivity index (χ0) is 15.4. The Morgan fingerprint density at radius 3 is 2.00 bits per heavy atom. The molecule has 0 aliphatic rings. The summed E-state index contributed by atoms with van der Waals surface area (Å²) in [7, 11) is 0. The van der Waals surface area contributed by atoms with Crippen molar-refractivity contribution < 1.29 is 24.2 Å². The lowest BCUT2D eigenvalue weighted by atomic mass is 9.98. The van der Waals surface area contributed by atoms with Gasteiger partial charge in [0.1, 0.15) is 5.75 Å². The third-order valence-corrected chi connectivity index (χ3v) is 2.78. The van der Waals surface area contributed by atoms with Gasteiger partial charge in [-0.3, -0.25) is 9.59 Å². The molecule has 106 valence electrons. The van der Waals surface area contributed by atoms with Gasteiger partial charge < -0.3 is 9.84 Å². The summed E-state index contributed by atoms with van der Waals surface area (Å²) in [5.41, 5.74) is 0.386. The minimum absolute atomic E-state index is 0.0495. The van der Waals surface area contributed by atoms with Crippen molar-refractivity contribution in [1.82, 2.24) is 0 Å². The molecular weight excluding hydrogens is 272 g/mol. The molecule has 2 aromatic carbocycles. The first kappa shape index (κ1) is 14.5. The largest absolute Gasteiger partial charge is 0.478 e. The Kier molecular flexibility index (Phi) is 4.13. The summed E-state index contributed by atoms with van der Waals surface area (Å²) in [6.45, 7) is 1.28. The van der Waals surface area contributed by atoms with Crippen LogP contribution >= 0.6 is 0 Å². The van der Waals surface area contributed by atoms with E-state index < -0.39 is 17.7 Å². The summed E-state index contributed by atoms with van der Waals surface area (Å²) < 4.78 is 4.87. The number of carboxylic acids is 1. The van der Waals surface area contributed by atoms with Gasteiger partial charge in [-0.05, 0) is 30.3 Å². The monoisotopic (exact) mass is 284 g/mol. The normalized spacial score (nSPS) is 9.95. The van der Waals surface area contributed by atoms with E-state index in [9.17, 15) is 14.4 Å². The average Bonchev–Trinajstić information content (AvgIpc) is 2.46. The smallest absolute Gasteiger partial charge is 0.336 e. The van der Waals surface area contributed by atoms with Gasteiger partial charge in [-0.2, -0.15) is 0 Å². The maximum Gasteiger partial charge on any atom is 0.336 e. The maximum atomic E-state index is 12.3. The van der Waals surface area contributed by atoms with Gasteiger partial charge >= 0.3 is 11.9 Å². The molecule has 0 amide bonds. The molecule has 5 heteroatoms. The molecule has 2 rings (SSSR count). The third-order valence-electron chi connectivity index (χ3n) is 2.78. The van der Waals surface area contributed by atoms with Crippen LogP contribution in [0.2, 0.25) is 0 Å². The van der Waals surface area contributed by atoms with Crippen molar-refractivity contribution in [2.45, 2.75) is 6.92 Å². The van der Waals surface area contributed by atoms with Gasteiger partial charge in [0, 0.05) is 18.1 Å².